The summed E-state index contributed by atoms with van der Waals surface area (Å²) in [7, 11) is 1.58. The van der Waals surface area contributed by atoms with Gasteiger partial charge in [0.25, 0.3) is 0 Å². The highest BCUT2D eigenvalue weighted by atomic mass is 16.5. The molecule has 32 heavy (non-hydrogen) atoms. The van der Waals surface area contributed by atoms with Gasteiger partial charge < -0.3 is 24.8 Å². The molecular formula is C25H31N3O4. The number of ether oxygens (including phenoxy) is 2. The van der Waals surface area contributed by atoms with Crippen LogP contribution in [0, 0.1) is 17.2 Å². The number of nitrogens with zero attached hydrogens (tertiary/aromatic N) is 2. The minimum absolute atomic E-state index is 0.00430. The summed E-state index contributed by atoms with van der Waals surface area (Å²) >= 11 is 0. The third kappa shape index (κ3) is 5.78. The molecule has 1 saturated heterocycles. The molecule has 0 bridgehead atoms. The van der Waals surface area contributed by atoms with Crippen LogP contribution in [0.2, 0.25) is 0 Å². The molecule has 7 nitrogen and oxygen atoms in total. The molecular weight excluding hydrogens is 406 g/mol. The number of carboxylic acids is 1. The van der Waals surface area contributed by atoms with Crippen LogP contribution < -0.4 is 10.2 Å². The lowest BCUT2D eigenvalue weighted by Crippen LogP contribution is -2.48. The van der Waals surface area contributed by atoms with Crippen LogP contribution in [0.5, 0.6) is 0 Å². The Bertz CT molecular complexity index is 953. The van der Waals surface area contributed by atoms with E-state index in [9.17, 15) is 9.90 Å². The molecule has 170 valence electrons. The van der Waals surface area contributed by atoms with Crippen LogP contribution in [-0.4, -0.2) is 50.6 Å². The maximum absolute atomic E-state index is 11.4. The van der Waals surface area contributed by atoms with Crippen molar-refractivity contribution < 1.29 is 19.4 Å². The number of nitriles is 1. The zero-order valence-corrected chi connectivity index (χ0v) is 18.9. The fourth-order valence-corrected chi connectivity index (χ4v) is 4.10. The van der Waals surface area contributed by atoms with E-state index in [2.05, 4.69) is 36.2 Å². The van der Waals surface area contributed by atoms with E-state index in [1.54, 1.807) is 19.2 Å². The quantitative estimate of drug-likeness (QED) is 0.601. The maximum Gasteiger partial charge on any atom is 0.304 e. The molecule has 0 spiro atoms. The van der Waals surface area contributed by atoms with E-state index in [1.165, 1.54) is 0 Å². The second-order valence-corrected chi connectivity index (χ2v) is 8.42. The third-order valence-corrected chi connectivity index (χ3v) is 5.82. The van der Waals surface area contributed by atoms with Gasteiger partial charge in [-0.25, -0.2) is 0 Å². The smallest absolute Gasteiger partial charge is 0.304 e. The van der Waals surface area contributed by atoms with Crippen molar-refractivity contribution in [3.05, 3.63) is 53.6 Å². The van der Waals surface area contributed by atoms with Crippen LogP contribution in [0.15, 0.2) is 42.5 Å². The van der Waals surface area contributed by atoms with Crippen LogP contribution in [-0.2, 0) is 14.3 Å². The summed E-state index contributed by atoms with van der Waals surface area (Å²) in [6.07, 6.45) is -0.00430. The van der Waals surface area contributed by atoms with E-state index in [1.807, 2.05) is 24.3 Å². The summed E-state index contributed by atoms with van der Waals surface area (Å²) in [5, 5.41) is 21.9. The highest BCUT2D eigenvalue weighted by Crippen LogP contribution is 2.36. The molecule has 0 aliphatic carbocycles. The van der Waals surface area contributed by atoms with E-state index in [0.29, 0.717) is 31.3 Å². The van der Waals surface area contributed by atoms with Gasteiger partial charge in [-0.15, -0.1) is 0 Å². The predicted octanol–water partition coefficient (Wildman–Crippen LogP) is 4.37. The second-order valence-electron chi connectivity index (χ2n) is 8.42. The number of morpholine rings is 1. The fraction of sp³-hybridized carbons (Fsp3) is 0.440. The minimum atomic E-state index is -0.856. The topological polar surface area (TPSA) is 94.8 Å². The maximum atomic E-state index is 11.4. The molecule has 0 radical (unpaired) electrons. The van der Waals surface area contributed by atoms with Gasteiger partial charge in [-0.3, -0.25) is 4.79 Å². The van der Waals surface area contributed by atoms with Crippen molar-refractivity contribution in [3.63, 3.8) is 0 Å². The Morgan fingerprint density at radius 3 is 2.69 bits per heavy atom. The van der Waals surface area contributed by atoms with Gasteiger partial charge in [-0.05, 0) is 47.9 Å². The van der Waals surface area contributed by atoms with Crippen molar-refractivity contribution in [1.82, 2.24) is 0 Å². The van der Waals surface area contributed by atoms with Crippen molar-refractivity contribution in [2.75, 3.05) is 43.7 Å². The molecule has 2 aromatic rings. The van der Waals surface area contributed by atoms with Gasteiger partial charge in [0, 0.05) is 25.3 Å². The Labute approximate surface area is 189 Å². The lowest BCUT2D eigenvalue weighted by atomic mass is 9.94. The monoisotopic (exact) mass is 437 g/mol. The molecule has 2 aromatic carbocycles. The molecule has 3 rings (SSSR count). The van der Waals surface area contributed by atoms with Gasteiger partial charge in [0.2, 0.25) is 0 Å². The molecule has 0 amide bonds. The Hall–Kier alpha value is -3.08. The van der Waals surface area contributed by atoms with E-state index in [0.717, 1.165) is 29.2 Å². The normalized spacial score (nSPS) is 17.1. The summed E-state index contributed by atoms with van der Waals surface area (Å²) in [5.74, 6) is -0.699. The largest absolute Gasteiger partial charge is 0.481 e. The average Bonchev–Trinajstić information content (AvgIpc) is 2.79. The zero-order chi connectivity index (χ0) is 23.1. The molecule has 1 unspecified atom stereocenters. The first-order valence-corrected chi connectivity index (χ1v) is 10.9. The van der Waals surface area contributed by atoms with Gasteiger partial charge >= 0.3 is 5.97 Å². The number of nitrogens with one attached hydrogen (secondary N) is 1. The first-order valence-electron chi connectivity index (χ1n) is 10.9. The van der Waals surface area contributed by atoms with Gasteiger partial charge in [-0.2, -0.15) is 5.26 Å². The Kier molecular flexibility index (Phi) is 8.09. The molecule has 1 aliphatic rings. The Balaban J connectivity index is 2.02. The molecule has 1 heterocycles. The highest BCUT2D eigenvalue weighted by Gasteiger charge is 2.28. The average molecular weight is 438 g/mol. The van der Waals surface area contributed by atoms with Gasteiger partial charge in [-0.1, -0.05) is 19.9 Å². The lowest BCUT2D eigenvalue weighted by Gasteiger charge is -2.40. The van der Waals surface area contributed by atoms with Crippen LogP contribution in [0.3, 0.4) is 0 Å². The first-order chi connectivity index (χ1) is 15.4. The van der Waals surface area contributed by atoms with E-state index in [-0.39, 0.29) is 18.4 Å². The van der Waals surface area contributed by atoms with Crippen LogP contribution in [0.4, 0.5) is 17.1 Å². The predicted molar refractivity (Wildman–Crippen MR) is 125 cm³/mol. The van der Waals surface area contributed by atoms with E-state index < -0.39 is 5.97 Å². The van der Waals surface area contributed by atoms with Crippen molar-refractivity contribution in [3.8, 4) is 6.07 Å². The standard InChI is InChI=1S/C25H31N3O4/c1-17(2)24-16-32-11-10-28(24)23-9-6-19(20(15-31-3)13-25(29)30)12-22(23)27-21-7-4-18(14-26)5-8-21/h4-9,12,17,20,24,27H,10-11,13,15-16H2,1-3H3,(H,29,30)/t20?,24-/m1/s1. The van der Waals surface area contributed by atoms with Crippen molar-refractivity contribution in [2.45, 2.75) is 32.2 Å². The summed E-state index contributed by atoms with van der Waals surface area (Å²) in [5.41, 5.74) is 4.30. The Morgan fingerprint density at radius 2 is 2.06 bits per heavy atom. The summed E-state index contributed by atoms with van der Waals surface area (Å²) in [6.45, 7) is 6.81. The number of aliphatic carboxylic acids is 1. The molecule has 2 atom stereocenters. The molecule has 1 aliphatic heterocycles. The number of carbonyl (C=O) groups is 1. The van der Waals surface area contributed by atoms with Crippen molar-refractivity contribution >= 4 is 23.0 Å². The van der Waals surface area contributed by atoms with Gasteiger partial charge in [0.15, 0.2) is 0 Å². The first kappa shape index (κ1) is 23.6. The Morgan fingerprint density at radius 1 is 1.31 bits per heavy atom. The van der Waals surface area contributed by atoms with Gasteiger partial charge in [0.05, 0.1) is 55.3 Å². The number of methoxy groups -OCH3 is 1. The number of hydrogen-bond donors (Lipinski definition) is 2. The SMILES string of the molecule is COCC(CC(=O)O)c1ccc(N2CCOC[C@@H]2C(C)C)c(Nc2ccc(C#N)cc2)c1. The number of carboxylic acid groups (broad SMARTS) is 1. The van der Waals surface area contributed by atoms with Crippen LogP contribution in [0.1, 0.15) is 37.3 Å². The van der Waals surface area contributed by atoms with Crippen LogP contribution >= 0.6 is 0 Å². The molecule has 7 heteroatoms. The summed E-state index contributed by atoms with van der Waals surface area (Å²) < 4.78 is 11.0. The zero-order valence-electron chi connectivity index (χ0n) is 18.9. The molecule has 0 aromatic heterocycles. The van der Waals surface area contributed by atoms with Crippen LogP contribution in [0.25, 0.3) is 0 Å². The number of hydrogen-bond acceptors (Lipinski definition) is 6. The summed E-state index contributed by atoms with van der Waals surface area (Å²) in [6, 6.07) is 15.8. The number of benzene rings is 2. The highest BCUT2D eigenvalue weighted by molar-refractivity contribution is 5.77. The van der Waals surface area contributed by atoms with E-state index >= 15 is 0 Å². The molecule has 2 N–H and O–H groups in total. The number of anilines is 3. The van der Waals surface area contributed by atoms with Gasteiger partial charge in [0.1, 0.15) is 0 Å². The van der Waals surface area contributed by atoms with Crippen molar-refractivity contribution in [1.29, 1.82) is 5.26 Å². The fourth-order valence-electron chi connectivity index (χ4n) is 4.10. The second kappa shape index (κ2) is 11.0. The molecule has 0 saturated carbocycles. The van der Waals surface area contributed by atoms with Crippen molar-refractivity contribution in [2.24, 2.45) is 5.92 Å². The summed E-state index contributed by atoms with van der Waals surface area (Å²) in [4.78, 5) is 13.8. The molecule has 1 fully saturated rings. The minimum Gasteiger partial charge on any atom is -0.481 e. The van der Waals surface area contributed by atoms with E-state index in [4.69, 9.17) is 14.7 Å². The third-order valence-electron chi connectivity index (χ3n) is 5.82. The number of rotatable bonds is 9. The lowest BCUT2D eigenvalue weighted by molar-refractivity contribution is -0.137.